The van der Waals surface area contributed by atoms with Crippen molar-refractivity contribution in [2.24, 2.45) is 0 Å². The van der Waals surface area contributed by atoms with E-state index in [1.165, 1.54) is 0 Å². The number of quaternary nitrogens is 1. The molecule has 0 spiro atoms. The van der Waals surface area contributed by atoms with Crippen molar-refractivity contribution in [2.45, 2.75) is 6.92 Å². The van der Waals surface area contributed by atoms with Gasteiger partial charge in [-0.15, -0.1) is 0 Å². The summed E-state index contributed by atoms with van der Waals surface area (Å²) in [6.45, 7) is 6.63. The summed E-state index contributed by atoms with van der Waals surface area (Å²) < 4.78 is 11.3. The Balaban J connectivity index is 0. The molecule has 3 nitrogen and oxygen atoms in total. The van der Waals surface area contributed by atoms with Crippen LogP contribution in [0.25, 0.3) is 0 Å². The molecule has 0 aliphatic rings. The van der Waals surface area contributed by atoms with Crippen molar-refractivity contribution in [3.63, 3.8) is 0 Å². The van der Waals surface area contributed by atoms with Gasteiger partial charge < -0.3 is 37.9 Å². The van der Waals surface area contributed by atoms with Crippen molar-refractivity contribution >= 4 is 0 Å². The van der Waals surface area contributed by atoms with Crippen molar-refractivity contribution < 1.29 is 37.9 Å². The van der Waals surface area contributed by atoms with Crippen LogP contribution in [-0.4, -0.2) is 58.6 Å². The standard InChI is InChI=1S/C9H22NO2.HI/c1-5-10(2,3)6-7-12-9-8-11-4;/h5-9H2,1-4H3;1H/q+1;/p-1. The molecule has 0 aliphatic heterocycles. The molecular formula is C9H22INO2. The fourth-order valence-electron chi connectivity index (χ4n) is 0.714. The summed E-state index contributed by atoms with van der Waals surface area (Å²) >= 11 is 0. The van der Waals surface area contributed by atoms with Crippen molar-refractivity contribution in [1.29, 1.82) is 0 Å². The minimum atomic E-state index is 0. The summed E-state index contributed by atoms with van der Waals surface area (Å²) in [4.78, 5) is 0. The Morgan fingerprint density at radius 1 is 1.08 bits per heavy atom. The molecule has 13 heavy (non-hydrogen) atoms. The molecule has 0 saturated carbocycles. The predicted molar refractivity (Wildman–Crippen MR) is 50.2 cm³/mol. The molecule has 0 aromatic carbocycles. The highest BCUT2D eigenvalue weighted by atomic mass is 127. The summed E-state index contributed by atoms with van der Waals surface area (Å²) in [7, 11) is 6.11. The van der Waals surface area contributed by atoms with E-state index < -0.39 is 0 Å². The van der Waals surface area contributed by atoms with Crippen LogP contribution in [0.2, 0.25) is 0 Å². The number of halogens is 1. The van der Waals surface area contributed by atoms with Gasteiger partial charge in [0.2, 0.25) is 0 Å². The molecule has 0 bridgehead atoms. The molecule has 0 saturated heterocycles. The molecule has 0 heterocycles. The highest BCUT2D eigenvalue weighted by Gasteiger charge is 2.10. The summed E-state index contributed by atoms with van der Waals surface area (Å²) in [5, 5.41) is 0. The second-order valence-corrected chi connectivity index (χ2v) is 3.58. The summed E-state index contributed by atoms with van der Waals surface area (Å²) in [6, 6.07) is 0. The molecule has 0 aromatic heterocycles. The minimum absolute atomic E-state index is 0. The van der Waals surface area contributed by atoms with Crippen LogP contribution in [0.5, 0.6) is 0 Å². The maximum Gasteiger partial charge on any atom is 0.102 e. The minimum Gasteiger partial charge on any atom is -1.00 e. The Labute approximate surface area is 99.0 Å². The number of likely N-dealkylation sites (N-methyl/N-ethyl adjacent to an activating group) is 1. The lowest BCUT2D eigenvalue weighted by atomic mass is 10.4. The zero-order valence-corrected chi connectivity index (χ0v) is 11.3. The van der Waals surface area contributed by atoms with Crippen LogP contribution >= 0.6 is 0 Å². The van der Waals surface area contributed by atoms with E-state index in [0.29, 0.717) is 13.2 Å². The molecule has 82 valence electrons. The predicted octanol–water partition coefficient (Wildman–Crippen LogP) is -2.25. The van der Waals surface area contributed by atoms with Crippen molar-refractivity contribution in [1.82, 2.24) is 0 Å². The zero-order chi connectivity index (χ0) is 9.45. The van der Waals surface area contributed by atoms with E-state index in [1.807, 2.05) is 0 Å². The third kappa shape index (κ3) is 10.5. The Kier molecular flexibility index (Phi) is 11.3. The number of rotatable bonds is 7. The fraction of sp³-hybridized carbons (Fsp3) is 1.00. The Morgan fingerprint density at radius 2 is 1.69 bits per heavy atom. The molecule has 0 aliphatic carbocycles. The van der Waals surface area contributed by atoms with Crippen molar-refractivity contribution in [3.05, 3.63) is 0 Å². The SMILES string of the molecule is CC[N+](C)(C)CCOCCOC.[I-]. The summed E-state index contributed by atoms with van der Waals surface area (Å²) in [5.41, 5.74) is 0. The third-order valence-corrected chi connectivity index (χ3v) is 2.13. The molecule has 0 aromatic rings. The topological polar surface area (TPSA) is 18.5 Å². The fourth-order valence-corrected chi connectivity index (χ4v) is 0.714. The van der Waals surface area contributed by atoms with E-state index >= 15 is 0 Å². The lowest BCUT2D eigenvalue weighted by Gasteiger charge is -2.27. The van der Waals surface area contributed by atoms with E-state index in [1.54, 1.807) is 7.11 Å². The van der Waals surface area contributed by atoms with E-state index in [9.17, 15) is 0 Å². The van der Waals surface area contributed by atoms with E-state index in [0.717, 1.165) is 24.2 Å². The maximum atomic E-state index is 5.37. The van der Waals surface area contributed by atoms with Crippen molar-refractivity contribution in [2.75, 3.05) is 54.1 Å². The van der Waals surface area contributed by atoms with Crippen LogP contribution in [0.1, 0.15) is 6.92 Å². The molecule has 4 heteroatoms. The van der Waals surface area contributed by atoms with Crippen LogP contribution in [0.3, 0.4) is 0 Å². The number of ether oxygens (including phenoxy) is 2. The van der Waals surface area contributed by atoms with Crippen LogP contribution in [0, 0.1) is 0 Å². The Bertz CT molecular complexity index is 110. The Hall–Kier alpha value is 0.610. The number of hydrogen-bond donors (Lipinski definition) is 0. The van der Waals surface area contributed by atoms with Gasteiger partial charge in [0.1, 0.15) is 6.54 Å². The quantitative estimate of drug-likeness (QED) is 0.301. The van der Waals surface area contributed by atoms with Crippen LogP contribution < -0.4 is 24.0 Å². The maximum absolute atomic E-state index is 5.37. The number of methoxy groups -OCH3 is 1. The monoisotopic (exact) mass is 303 g/mol. The van der Waals surface area contributed by atoms with E-state index in [2.05, 4.69) is 21.0 Å². The van der Waals surface area contributed by atoms with Crippen LogP contribution in [0.15, 0.2) is 0 Å². The van der Waals surface area contributed by atoms with E-state index in [4.69, 9.17) is 9.47 Å². The molecule has 0 radical (unpaired) electrons. The number of nitrogens with zero attached hydrogens (tertiary/aromatic N) is 1. The lowest BCUT2D eigenvalue weighted by molar-refractivity contribution is -0.888. The van der Waals surface area contributed by atoms with Gasteiger partial charge in [-0.05, 0) is 6.92 Å². The largest absolute Gasteiger partial charge is 1.00 e. The highest BCUT2D eigenvalue weighted by Crippen LogP contribution is 1.94. The first-order chi connectivity index (χ1) is 5.62. The first-order valence-corrected chi connectivity index (χ1v) is 4.51. The molecule has 0 unspecified atom stereocenters. The van der Waals surface area contributed by atoms with Crippen LogP contribution in [-0.2, 0) is 9.47 Å². The molecular weight excluding hydrogens is 281 g/mol. The zero-order valence-electron chi connectivity index (χ0n) is 9.18. The first-order valence-electron chi connectivity index (χ1n) is 4.51. The van der Waals surface area contributed by atoms with Crippen molar-refractivity contribution in [3.8, 4) is 0 Å². The number of hydrogen-bond acceptors (Lipinski definition) is 2. The van der Waals surface area contributed by atoms with Gasteiger partial charge in [0, 0.05) is 7.11 Å². The van der Waals surface area contributed by atoms with Gasteiger partial charge in [-0.3, -0.25) is 0 Å². The summed E-state index contributed by atoms with van der Waals surface area (Å²) in [6.07, 6.45) is 0. The Morgan fingerprint density at radius 3 is 2.15 bits per heavy atom. The van der Waals surface area contributed by atoms with Gasteiger partial charge >= 0.3 is 0 Å². The third-order valence-electron chi connectivity index (χ3n) is 2.13. The van der Waals surface area contributed by atoms with E-state index in [-0.39, 0.29) is 24.0 Å². The second-order valence-electron chi connectivity index (χ2n) is 3.58. The van der Waals surface area contributed by atoms with Gasteiger partial charge in [-0.2, -0.15) is 0 Å². The van der Waals surface area contributed by atoms with Gasteiger partial charge in [-0.25, -0.2) is 0 Å². The van der Waals surface area contributed by atoms with Gasteiger partial charge in [0.15, 0.2) is 0 Å². The van der Waals surface area contributed by atoms with Crippen LogP contribution in [0.4, 0.5) is 0 Å². The normalized spacial score (nSPS) is 11.1. The first kappa shape index (κ1) is 16.1. The summed E-state index contributed by atoms with van der Waals surface area (Å²) in [5.74, 6) is 0. The molecule has 0 fully saturated rings. The lowest BCUT2D eigenvalue weighted by Crippen LogP contribution is -3.00. The van der Waals surface area contributed by atoms with Gasteiger partial charge in [-0.1, -0.05) is 0 Å². The molecule has 0 N–H and O–H groups in total. The molecule has 0 rings (SSSR count). The van der Waals surface area contributed by atoms with Gasteiger partial charge in [0.25, 0.3) is 0 Å². The smallest absolute Gasteiger partial charge is 0.102 e. The molecule has 0 amide bonds. The highest BCUT2D eigenvalue weighted by molar-refractivity contribution is 4.32. The van der Waals surface area contributed by atoms with Gasteiger partial charge in [0.05, 0.1) is 40.5 Å². The average Bonchev–Trinajstić information content (AvgIpc) is 2.04. The second kappa shape index (κ2) is 9.18. The average molecular weight is 303 g/mol. The molecule has 0 atom stereocenters.